The summed E-state index contributed by atoms with van der Waals surface area (Å²) in [6.45, 7) is 0.0475. The number of hydrogen-bond donors (Lipinski definition) is 2. The zero-order valence-electron chi connectivity index (χ0n) is 13.4. The molecule has 0 aliphatic rings. The number of benzene rings is 1. The fourth-order valence-corrected chi connectivity index (χ4v) is 3.42. The van der Waals surface area contributed by atoms with Crippen molar-refractivity contribution in [3.63, 3.8) is 0 Å². The molecule has 0 aromatic heterocycles. The summed E-state index contributed by atoms with van der Waals surface area (Å²) in [5.74, 6) is 0.662. The molecule has 12 heteroatoms. The molecule has 23 heavy (non-hydrogen) atoms. The first kappa shape index (κ1) is 26.5. The Hall–Kier alpha value is 1.28. The quantitative estimate of drug-likeness (QED) is 0.335. The monoisotopic (exact) mass is 383 g/mol. The third kappa shape index (κ3) is 13.2. The molecule has 0 aliphatic heterocycles. The van der Waals surface area contributed by atoms with Gasteiger partial charge in [0.15, 0.2) is 0 Å². The average molecular weight is 383 g/mol. The van der Waals surface area contributed by atoms with Gasteiger partial charge in [-0.3, -0.25) is 4.90 Å². The van der Waals surface area contributed by atoms with Crippen molar-refractivity contribution in [3.8, 4) is 5.75 Å². The smallest absolute Gasteiger partial charge is 0.778 e. The van der Waals surface area contributed by atoms with Crippen LogP contribution in [0.1, 0.15) is 5.56 Å². The van der Waals surface area contributed by atoms with E-state index in [2.05, 4.69) is 0 Å². The average Bonchev–Trinajstić information content (AvgIpc) is 2.33. The fourth-order valence-electron chi connectivity index (χ4n) is 1.77. The first-order valence-corrected chi connectivity index (χ1v) is 9.52. The molecule has 120 valence electrons. The zero-order valence-corrected chi connectivity index (χ0v) is 19.2. The molecule has 1 rings (SSSR count). The van der Waals surface area contributed by atoms with E-state index in [0.29, 0.717) is 12.2 Å². The summed E-state index contributed by atoms with van der Waals surface area (Å²) in [5, 5.41) is 0. The SMILES string of the molecule is COc1ccc(CCN(CP(=O)([O-])O)CP(=O)([O-])O)cc1.[Na+].[Na+]. The van der Waals surface area contributed by atoms with E-state index in [-0.39, 0.29) is 65.7 Å². The molecule has 0 saturated carbocycles. The van der Waals surface area contributed by atoms with Gasteiger partial charge in [-0.05, 0) is 24.1 Å². The van der Waals surface area contributed by atoms with Crippen LogP contribution in [-0.4, -0.2) is 40.9 Å². The zero-order chi connectivity index (χ0) is 16.1. The molecule has 2 unspecified atom stereocenters. The normalized spacial score (nSPS) is 15.7. The van der Waals surface area contributed by atoms with E-state index in [0.717, 1.165) is 10.5 Å². The summed E-state index contributed by atoms with van der Waals surface area (Å²) in [5.41, 5.74) is 0.832. The third-order valence-corrected chi connectivity index (χ3v) is 4.15. The molecule has 1 aromatic rings. The molecule has 0 aliphatic carbocycles. The molecule has 8 nitrogen and oxygen atoms in total. The summed E-state index contributed by atoms with van der Waals surface area (Å²) in [4.78, 5) is 40.3. The maximum absolute atomic E-state index is 10.9. The van der Waals surface area contributed by atoms with Crippen LogP contribution in [0.25, 0.3) is 0 Å². The Morgan fingerprint density at radius 2 is 1.48 bits per heavy atom. The Morgan fingerprint density at radius 3 is 1.83 bits per heavy atom. The number of methoxy groups -OCH3 is 1. The molecule has 1 aromatic carbocycles. The van der Waals surface area contributed by atoms with Crippen molar-refractivity contribution >= 4 is 15.2 Å². The van der Waals surface area contributed by atoms with Gasteiger partial charge in [-0.2, -0.15) is 0 Å². The van der Waals surface area contributed by atoms with E-state index in [4.69, 9.17) is 14.5 Å². The topological polar surface area (TPSA) is 133 Å². The second-order valence-electron chi connectivity index (χ2n) is 4.55. The van der Waals surface area contributed by atoms with E-state index in [1.54, 1.807) is 24.3 Å². The molecule has 0 heterocycles. The Kier molecular flexibility index (Phi) is 13.6. The predicted molar refractivity (Wildman–Crippen MR) is 72.8 cm³/mol. The van der Waals surface area contributed by atoms with E-state index in [1.165, 1.54) is 7.11 Å². The molecular formula is C11H17NNa2O7P2. The number of ether oxygens (including phenoxy) is 1. The van der Waals surface area contributed by atoms with Gasteiger partial charge in [0.1, 0.15) is 20.9 Å². The first-order chi connectivity index (χ1) is 9.59. The van der Waals surface area contributed by atoms with E-state index >= 15 is 0 Å². The Bertz CT molecular complexity index is 522. The molecule has 2 N–H and O–H groups in total. The van der Waals surface area contributed by atoms with Crippen molar-refractivity contribution in [3.05, 3.63) is 29.8 Å². The predicted octanol–water partition coefficient (Wildman–Crippen LogP) is -6.45. The van der Waals surface area contributed by atoms with Gasteiger partial charge in [-0.25, -0.2) is 0 Å². The summed E-state index contributed by atoms with van der Waals surface area (Å²) in [7, 11) is -7.79. The largest absolute Gasteiger partial charge is 1.00 e. The number of rotatable bonds is 8. The molecule has 2 atom stereocenters. The molecule has 0 bridgehead atoms. The Labute approximate surface area is 179 Å². The maximum atomic E-state index is 10.9. The molecule has 0 amide bonds. The van der Waals surface area contributed by atoms with Crippen molar-refractivity contribution < 1.29 is 92.6 Å². The Morgan fingerprint density at radius 1 is 1.04 bits per heavy atom. The maximum Gasteiger partial charge on any atom is 1.00 e. The van der Waals surface area contributed by atoms with Crippen molar-refractivity contribution in [1.82, 2.24) is 4.90 Å². The van der Waals surface area contributed by atoms with Crippen LogP contribution in [-0.2, 0) is 15.6 Å². The molecule has 0 fully saturated rings. The minimum absolute atomic E-state index is 0. The van der Waals surface area contributed by atoms with Gasteiger partial charge in [0.25, 0.3) is 0 Å². The van der Waals surface area contributed by atoms with Gasteiger partial charge >= 0.3 is 59.1 Å². The van der Waals surface area contributed by atoms with Gasteiger partial charge in [0.05, 0.1) is 19.7 Å². The number of nitrogens with zero attached hydrogens (tertiary/aromatic N) is 1. The van der Waals surface area contributed by atoms with E-state index in [1.807, 2.05) is 0 Å². The summed E-state index contributed by atoms with van der Waals surface area (Å²) in [6.07, 6.45) is -1.32. The molecule has 0 saturated heterocycles. The molecule has 0 radical (unpaired) electrons. The molecule has 0 spiro atoms. The third-order valence-electron chi connectivity index (χ3n) is 2.63. The van der Waals surface area contributed by atoms with Crippen LogP contribution in [0, 0.1) is 0 Å². The van der Waals surface area contributed by atoms with Crippen LogP contribution < -0.4 is 73.6 Å². The first-order valence-electron chi connectivity index (χ1n) is 6.00. The second-order valence-corrected chi connectivity index (χ2v) is 7.67. The van der Waals surface area contributed by atoms with Crippen molar-refractivity contribution in [2.75, 3.05) is 26.2 Å². The summed E-state index contributed by atoms with van der Waals surface area (Å²) >= 11 is 0. The fraction of sp³-hybridized carbons (Fsp3) is 0.455. The van der Waals surface area contributed by atoms with Crippen LogP contribution in [0.5, 0.6) is 5.75 Å². The van der Waals surface area contributed by atoms with Gasteiger partial charge < -0.3 is 33.4 Å². The van der Waals surface area contributed by atoms with Crippen LogP contribution in [0.2, 0.25) is 0 Å². The molecular weight excluding hydrogens is 366 g/mol. The van der Waals surface area contributed by atoms with Crippen LogP contribution in [0.4, 0.5) is 0 Å². The van der Waals surface area contributed by atoms with Crippen LogP contribution in [0.15, 0.2) is 24.3 Å². The van der Waals surface area contributed by atoms with Crippen molar-refractivity contribution in [2.24, 2.45) is 0 Å². The standard InChI is InChI=1S/C11H19NO7P2.2Na/c1-19-11-4-2-10(3-5-11)6-7-12(8-20(13,14)15)9-21(16,17)18;;/h2-5H,6-9H2,1H3,(H2,13,14,15)(H2,16,17,18);;/q;2*+1/p-2. The van der Waals surface area contributed by atoms with Gasteiger partial charge in [0, 0.05) is 6.54 Å². The summed E-state index contributed by atoms with van der Waals surface area (Å²) < 4.78 is 26.7. The Balaban J connectivity index is 0. The van der Waals surface area contributed by atoms with Gasteiger partial charge in [-0.15, -0.1) is 0 Å². The minimum Gasteiger partial charge on any atom is -0.778 e. The van der Waals surface area contributed by atoms with E-state index < -0.39 is 27.8 Å². The second kappa shape index (κ2) is 11.8. The van der Waals surface area contributed by atoms with Crippen molar-refractivity contribution in [2.45, 2.75) is 6.42 Å². The van der Waals surface area contributed by atoms with Gasteiger partial charge in [-0.1, -0.05) is 12.1 Å². The number of hydrogen-bond acceptors (Lipinski definition) is 6. The van der Waals surface area contributed by atoms with Gasteiger partial charge in [0.2, 0.25) is 0 Å². The summed E-state index contributed by atoms with van der Waals surface area (Å²) in [6, 6.07) is 6.94. The van der Waals surface area contributed by atoms with Crippen LogP contribution >= 0.6 is 15.2 Å². The van der Waals surface area contributed by atoms with Crippen molar-refractivity contribution in [1.29, 1.82) is 0 Å². The van der Waals surface area contributed by atoms with Crippen LogP contribution in [0.3, 0.4) is 0 Å². The minimum atomic E-state index is -4.66. The van der Waals surface area contributed by atoms with E-state index in [9.17, 15) is 18.9 Å².